The number of aliphatic carboxylic acids is 1. The smallest absolute Gasteiger partial charge is 0.309 e. The van der Waals surface area contributed by atoms with Crippen LogP contribution in [0.3, 0.4) is 0 Å². The number of nitrogens with zero attached hydrogens (tertiary/aromatic N) is 1. The number of rotatable bonds is 9. The van der Waals surface area contributed by atoms with Gasteiger partial charge in [-0.25, -0.2) is 0 Å². The van der Waals surface area contributed by atoms with Crippen LogP contribution in [0.25, 0.3) is 10.8 Å². The highest BCUT2D eigenvalue weighted by molar-refractivity contribution is 5.98. The predicted octanol–water partition coefficient (Wildman–Crippen LogP) is 5.14. The third-order valence-electron chi connectivity index (χ3n) is 6.89. The van der Waals surface area contributed by atoms with Crippen molar-refractivity contribution < 1.29 is 14.7 Å². The number of nitrogens with one attached hydrogen (secondary N) is 2. The number of carbonyl (C=O) groups is 2. The lowest BCUT2D eigenvalue weighted by molar-refractivity contribution is -0.148. The molecule has 1 aliphatic carbocycles. The molecule has 34 heavy (non-hydrogen) atoms. The van der Waals surface area contributed by atoms with Gasteiger partial charge in [0.1, 0.15) is 0 Å². The largest absolute Gasteiger partial charge is 0.481 e. The van der Waals surface area contributed by atoms with Gasteiger partial charge in [0.15, 0.2) is 0 Å². The zero-order valence-electron chi connectivity index (χ0n) is 19.9. The van der Waals surface area contributed by atoms with Crippen molar-refractivity contribution >= 4 is 28.3 Å². The molecule has 1 atom stereocenters. The maximum atomic E-state index is 13.3. The molecule has 1 fully saturated rings. The zero-order chi connectivity index (χ0) is 24.1. The van der Waals surface area contributed by atoms with E-state index in [9.17, 15) is 14.7 Å². The van der Waals surface area contributed by atoms with E-state index < -0.39 is 11.4 Å². The van der Waals surface area contributed by atoms with Crippen LogP contribution in [0.2, 0.25) is 0 Å². The van der Waals surface area contributed by atoms with Crippen molar-refractivity contribution in [2.45, 2.75) is 57.9 Å². The Kier molecular flexibility index (Phi) is 7.27. The fraction of sp³-hybridized carbons (Fsp3) is 0.393. The molecule has 3 N–H and O–H groups in total. The van der Waals surface area contributed by atoms with Crippen LogP contribution in [0.4, 0.5) is 5.69 Å². The molecule has 1 unspecified atom stereocenters. The SMILES string of the molecule is CC(C)NCC(C(=O)Nc1ccc2cnccc2c1)c1ccc(CC2(C(=O)O)CCCC2)cc1. The molecule has 1 heterocycles. The van der Waals surface area contributed by atoms with E-state index in [1.807, 2.05) is 48.5 Å². The van der Waals surface area contributed by atoms with Gasteiger partial charge in [-0.3, -0.25) is 14.6 Å². The topological polar surface area (TPSA) is 91.3 Å². The molecular formula is C28H33N3O3. The molecule has 0 radical (unpaired) electrons. The first kappa shape index (κ1) is 23.9. The second-order valence-corrected chi connectivity index (χ2v) is 9.75. The molecule has 0 spiro atoms. The number of fused-ring (bicyclic) bond motifs is 1. The molecule has 0 aliphatic heterocycles. The molecule has 1 saturated carbocycles. The molecule has 6 heteroatoms. The lowest BCUT2D eigenvalue weighted by Crippen LogP contribution is -2.34. The van der Waals surface area contributed by atoms with Gasteiger partial charge < -0.3 is 15.7 Å². The minimum Gasteiger partial charge on any atom is -0.481 e. The van der Waals surface area contributed by atoms with Crippen LogP contribution < -0.4 is 10.6 Å². The number of anilines is 1. The average Bonchev–Trinajstić information content (AvgIpc) is 3.30. The molecule has 178 valence electrons. The van der Waals surface area contributed by atoms with Gasteiger partial charge in [0.2, 0.25) is 5.91 Å². The highest BCUT2D eigenvalue weighted by Crippen LogP contribution is 2.41. The van der Waals surface area contributed by atoms with Gasteiger partial charge in [0.25, 0.3) is 0 Å². The number of aromatic nitrogens is 1. The third-order valence-corrected chi connectivity index (χ3v) is 6.89. The summed E-state index contributed by atoms with van der Waals surface area (Å²) in [6.45, 7) is 4.63. The van der Waals surface area contributed by atoms with Gasteiger partial charge in [-0.05, 0) is 54.0 Å². The van der Waals surface area contributed by atoms with Crippen LogP contribution in [-0.4, -0.2) is 34.6 Å². The highest BCUT2D eigenvalue weighted by atomic mass is 16.4. The minimum atomic E-state index is -0.696. The predicted molar refractivity (Wildman–Crippen MR) is 135 cm³/mol. The number of amides is 1. The van der Waals surface area contributed by atoms with E-state index in [-0.39, 0.29) is 17.9 Å². The van der Waals surface area contributed by atoms with Gasteiger partial charge >= 0.3 is 5.97 Å². The standard InChI is InChI=1S/C28H33N3O3/c1-19(2)30-18-25(26(32)31-24-10-9-23-17-29-14-11-22(23)15-24)21-7-5-20(6-8-21)16-28(27(33)34)12-3-4-13-28/h5-11,14-15,17,19,25,30H,3-4,12-13,16,18H2,1-2H3,(H,31,32)(H,33,34). The van der Waals surface area contributed by atoms with Gasteiger partial charge in [-0.15, -0.1) is 0 Å². The summed E-state index contributed by atoms with van der Waals surface area (Å²) >= 11 is 0. The summed E-state index contributed by atoms with van der Waals surface area (Å²) in [7, 11) is 0. The van der Waals surface area contributed by atoms with Crippen molar-refractivity contribution in [2.75, 3.05) is 11.9 Å². The first-order chi connectivity index (χ1) is 16.4. The molecule has 0 saturated heterocycles. The molecule has 1 aliphatic rings. The zero-order valence-corrected chi connectivity index (χ0v) is 19.9. The highest BCUT2D eigenvalue weighted by Gasteiger charge is 2.41. The monoisotopic (exact) mass is 459 g/mol. The van der Waals surface area contributed by atoms with Crippen LogP contribution in [0.1, 0.15) is 56.6 Å². The maximum Gasteiger partial charge on any atom is 0.309 e. The van der Waals surface area contributed by atoms with E-state index in [1.54, 1.807) is 12.4 Å². The number of benzene rings is 2. The number of carboxylic acids is 1. The third kappa shape index (κ3) is 5.45. The Bertz CT molecular complexity index is 1150. The second-order valence-electron chi connectivity index (χ2n) is 9.75. The lowest BCUT2D eigenvalue weighted by Gasteiger charge is -2.24. The Balaban J connectivity index is 1.52. The Hall–Kier alpha value is -3.25. The van der Waals surface area contributed by atoms with Gasteiger partial charge in [-0.2, -0.15) is 0 Å². The molecular weight excluding hydrogens is 426 g/mol. The number of carbonyl (C=O) groups excluding carboxylic acids is 1. The number of carboxylic acid groups (broad SMARTS) is 1. The van der Waals surface area contributed by atoms with Crippen molar-refractivity contribution in [1.29, 1.82) is 0 Å². The van der Waals surface area contributed by atoms with Gasteiger partial charge in [0, 0.05) is 36.1 Å². The first-order valence-electron chi connectivity index (χ1n) is 12.1. The Labute approximate surface area is 200 Å². The molecule has 4 rings (SSSR count). The van der Waals surface area contributed by atoms with E-state index in [4.69, 9.17) is 0 Å². The van der Waals surface area contributed by atoms with Crippen molar-refractivity contribution in [3.63, 3.8) is 0 Å². The fourth-order valence-electron chi connectivity index (χ4n) is 4.88. The number of pyridine rings is 1. The molecule has 0 bridgehead atoms. The van der Waals surface area contributed by atoms with Crippen LogP contribution in [0, 0.1) is 5.41 Å². The molecule has 6 nitrogen and oxygen atoms in total. The van der Waals surface area contributed by atoms with E-state index >= 15 is 0 Å². The van der Waals surface area contributed by atoms with Crippen LogP contribution in [0.15, 0.2) is 60.9 Å². The number of hydrogen-bond donors (Lipinski definition) is 3. The normalized spacial score (nSPS) is 16.0. The van der Waals surface area contributed by atoms with Gasteiger partial charge in [-0.1, -0.05) is 57.0 Å². The van der Waals surface area contributed by atoms with Gasteiger partial charge in [0.05, 0.1) is 11.3 Å². The minimum absolute atomic E-state index is 0.0768. The summed E-state index contributed by atoms with van der Waals surface area (Å²) in [4.78, 5) is 29.4. The molecule has 2 aromatic carbocycles. The number of hydrogen-bond acceptors (Lipinski definition) is 4. The molecule has 1 aromatic heterocycles. The van der Waals surface area contributed by atoms with Crippen LogP contribution in [0.5, 0.6) is 0 Å². The van der Waals surface area contributed by atoms with E-state index in [0.29, 0.717) is 13.0 Å². The summed E-state index contributed by atoms with van der Waals surface area (Å²) in [5, 5.41) is 18.3. The van der Waals surface area contributed by atoms with E-state index in [1.165, 1.54) is 0 Å². The first-order valence-corrected chi connectivity index (χ1v) is 12.1. The summed E-state index contributed by atoms with van der Waals surface area (Å²) in [6, 6.07) is 15.9. The summed E-state index contributed by atoms with van der Waals surface area (Å²) < 4.78 is 0. The van der Waals surface area contributed by atoms with E-state index in [0.717, 1.165) is 53.3 Å². The molecule has 1 amide bonds. The van der Waals surface area contributed by atoms with Crippen molar-refractivity contribution in [3.8, 4) is 0 Å². The van der Waals surface area contributed by atoms with Crippen LogP contribution >= 0.6 is 0 Å². The average molecular weight is 460 g/mol. The second kappa shape index (κ2) is 10.3. The van der Waals surface area contributed by atoms with Crippen LogP contribution in [-0.2, 0) is 16.0 Å². The lowest BCUT2D eigenvalue weighted by atomic mass is 9.80. The Morgan fingerprint density at radius 2 is 1.76 bits per heavy atom. The summed E-state index contributed by atoms with van der Waals surface area (Å²) in [5.74, 6) is -1.14. The summed E-state index contributed by atoms with van der Waals surface area (Å²) in [6.07, 6.45) is 7.49. The van der Waals surface area contributed by atoms with Crippen molar-refractivity contribution in [3.05, 3.63) is 72.1 Å². The quantitative estimate of drug-likeness (QED) is 0.412. The summed E-state index contributed by atoms with van der Waals surface area (Å²) in [5.41, 5.74) is 2.02. The maximum absolute atomic E-state index is 13.3. The Morgan fingerprint density at radius 1 is 1.03 bits per heavy atom. The van der Waals surface area contributed by atoms with Crippen molar-refractivity contribution in [1.82, 2.24) is 10.3 Å². The van der Waals surface area contributed by atoms with E-state index in [2.05, 4.69) is 29.5 Å². The Morgan fingerprint density at radius 3 is 2.44 bits per heavy atom. The fourth-order valence-corrected chi connectivity index (χ4v) is 4.88. The van der Waals surface area contributed by atoms with Crippen molar-refractivity contribution in [2.24, 2.45) is 5.41 Å². The molecule has 3 aromatic rings.